The van der Waals surface area contributed by atoms with Crippen molar-refractivity contribution in [3.05, 3.63) is 217 Å². The summed E-state index contributed by atoms with van der Waals surface area (Å²) in [5, 5.41) is 1.90. The number of rotatable bonds is 11. The number of aromatic nitrogens is 8. The minimum atomic E-state index is -1.04. The Morgan fingerprint density at radius 1 is 0.554 bits per heavy atom. The largest absolute Gasteiger partial charge is 0.384 e. The number of fused-ring (bicyclic) bond motifs is 2. The van der Waals surface area contributed by atoms with Crippen LogP contribution in [0.2, 0.25) is 0 Å². The average molecular weight is 1010 g/mol. The van der Waals surface area contributed by atoms with Crippen molar-refractivity contribution in [3.8, 4) is 44.8 Å². The van der Waals surface area contributed by atoms with Gasteiger partial charge in [0.25, 0.3) is 0 Å². The van der Waals surface area contributed by atoms with Crippen molar-refractivity contribution in [1.29, 1.82) is 2.67 Å². The molecular weight excluding hydrogens is 961 g/mol. The molecule has 1 unspecified atom stereocenters. The van der Waals surface area contributed by atoms with Crippen LogP contribution in [0, 0.1) is 17.5 Å². The van der Waals surface area contributed by atoms with Gasteiger partial charge in [-0.2, -0.15) is 0 Å². The number of nitrogens with zero attached hydrogens (tertiary/aromatic N) is 6. The second-order valence-electron chi connectivity index (χ2n) is 15.9. The predicted octanol–water partition coefficient (Wildman–Crippen LogP) is 10.7. The Bertz CT molecular complexity index is 3640. The third kappa shape index (κ3) is 12.8. The quantitative estimate of drug-likeness (QED) is 0.0402. The highest BCUT2D eigenvalue weighted by atomic mass is 32.2. The molecule has 74 heavy (non-hydrogen) atoms. The van der Waals surface area contributed by atoms with E-state index < -0.39 is 19.7 Å². The van der Waals surface area contributed by atoms with Crippen LogP contribution < -0.4 is 22.9 Å². The fourth-order valence-corrected chi connectivity index (χ4v) is 8.02. The van der Waals surface area contributed by atoms with Crippen molar-refractivity contribution in [3.63, 3.8) is 0 Å². The number of pyridine rings is 6. The van der Waals surface area contributed by atoms with Crippen LogP contribution in [0.5, 0.6) is 0 Å². The highest BCUT2D eigenvalue weighted by molar-refractivity contribution is 7.95. The number of anilines is 4. The Morgan fingerprint density at radius 2 is 0.959 bits per heavy atom. The normalized spacial score (nSPS) is 11.4. The van der Waals surface area contributed by atoms with Crippen molar-refractivity contribution in [2.75, 3.05) is 28.6 Å². The van der Waals surface area contributed by atoms with Crippen molar-refractivity contribution in [2.24, 2.45) is 0 Å². The van der Waals surface area contributed by atoms with Crippen molar-refractivity contribution < 1.29 is 22.1 Å². The number of nitrogen functional groups attached to an aromatic ring is 4. The number of aromatic amines is 2. The van der Waals surface area contributed by atoms with Gasteiger partial charge < -0.3 is 32.9 Å². The molecule has 8 aromatic heterocycles. The van der Waals surface area contributed by atoms with E-state index in [0.29, 0.717) is 45.7 Å². The van der Waals surface area contributed by atoms with Gasteiger partial charge in [0.15, 0.2) is 11.9 Å². The van der Waals surface area contributed by atoms with Crippen LogP contribution >= 0.6 is 12.0 Å². The summed E-state index contributed by atoms with van der Waals surface area (Å²) >= 11 is 0.900. The van der Waals surface area contributed by atoms with Gasteiger partial charge in [-0.25, -0.2) is 28.1 Å². The van der Waals surface area contributed by atoms with Gasteiger partial charge in [0.2, 0.25) is 0 Å². The number of H-pyrrole nitrogens is 2. The standard InChI is InChI=1S/2C18H13FN4.C14H13BFNO2S.C5H7N3/c19-13-3-1-12(2-4-13)17-16(11-7-9-21-10-8-11)14-5-6-15(20)22-18(14)23-17;19-13-3-1-11(2-4-13)16-14-5-6-15(20)22-18(14)23-17(16)12-7-9-21-10-8-12;15-9-20-19-14(11-5-7-17-8-6-11)13(18)10-1-3-12(16)4-2-10;6-4-2-1-3-5(7)8-4/h2*1-10H,(H3,20,22,23);1-8,14H,9,15H2;1-3H,(H4,6,7,8)/i;;15TD;. The number of Topliss-reactive ketones (excluding diaryl/α,β-unsaturated/α-hetero) is 1. The zero-order valence-corrected chi connectivity index (χ0v) is 39.9. The molecule has 0 bridgehead atoms. The smallest absolute Gasteiger partial charge is 0.197 e. The van der Waals surface area contributed by atoms with Crippen LogP contribution in [-0.4, -0.2) is 61.8 Å². The number of nitrogens with two attached hydrogens (primary N) is 4. The minimum Gasteiger partial charge on any atom is -0.384 e. The molecule has 368 valence electrons. The Kier molecular flexibility index (Phi) is 15.8. The number of benzene rings is 3. The monoisotopic (exact) mass is 1010 g/mol. The predicted molar refractivity (Wildman–Crippen MR) is 291 cm³/mol. The highest BCUT2D eigenvalue weighted by Gasteiger charge is 2.24. The zero-order chi connectivity index (χ0) is 53.6. The van der Waals surface area contributed by atoms with Gasteiger partial charge in [0.05, 0.1) is 11.4 Å². The van der Waals surface area contributed by atoms with E-state index >= 15 is 0 Å². The van der Waals surface area contributed by atoms with E-state index in [0.717, 1.165) is 67.6 Å². The number of hydrogen-bond donors (Lipinski definition) is 6. The first kappa shape index (κ1) is 48.3. The second-order valence-corrected chi connectivity index (χ2v) is 16.7. The first-order valence-electron chi connectivity index (χ1n) is 23.7. The van der Waals surface area contributed by atoms with E-state index in [1.165, 1.54) is 48.5 Å². The maximum absolute atomic E-state index is 13.3. The van der Waals surface area contributed by atoms with Gasteiger partial charge in [-0.15, -0.1) is 0 Å². The summed E-state index contributed by atoms with van der Waals surface area (Å²) in [7, 11) is -1.04. The summed E-state index contributed by atoms with van der Waals surface area (Å²) < 4.78 is 59.3. The lowest BCUT2D eigenvalue weighted by atomic mass is 9.99. The molecule has 0 aliphatic rings. The molecule has 11 rings (SSSR count). The van der Waals surface area contributed by atoms with E-state index in [1.807, 2.05) is 36.4 Å². The number of halogens is 3. The maximum atomic E-state index is 13.3. The first-order chi connectivity index (χ1) is 36.8. The molecule has 3 aromatic carbocycles. The van der Waals surface area contributed by atoms with Gasteiger partial charge in [0.1, 0.15) is 59.8 Å². The van der Waals surface area contributed by atoms with Crippen LogP contribution in [0.1, 0.15) is 22.0 Å². The van der Waals surface area contributed by atoms with Gasteiger partial charge in [-0.05, 0) is 176 Å². The molecule has 1 atom stereocenters. The molecule has 0 aliphatic carbocycles. The number of hydrogen-bond acceptors (Lipinski definition) is 13. The van der Waals surface area contributed by atoms with Gasteiger partial charge >= 0.3 is 0 Å². The third-order valence-electron chi connectivity index (χ3n) is 11.0. The number of nitrogens with one attached hydrogen (secondary N) is 2. The summed E-state index contributed by atoms with van der Waals surface area (Å²) in [6.45, 7) is 0. The molecule has 10 N–H and O–H groups in total. The molecule has 11 aromatic rings. The van der Waals surface area contributed by atoms with E-state index in [9.17, 15) is 18.0 Å². The van der Waals surface area contributed by atoms with Crippen LogP contribution in [-0.2, 0) is 4.18 Å². The van der Waals surface area contributed by atoms with Gasteiger partial charge in [-0.1, -0.05) is 18.2 Å². The number of carbonyl (C=O) groups is 1. The van der Waals surface area contributed by atoms with Crippen LogP contribution in [0.3, 0.4) is 0 Å². The molecular formula is C55H46BF3N12O2S. The third-order valence-corrected chi connectivity index (χ3v) is 11.4. The molecule has 19 heteroatoms. The summed E-state index contributed by atoms with van der Waals surface area (Å²) in [5.74, 6) is 0.564. The fraction of sp³-hybridized carbons (Fsp3) is 0.0364. The number of ketones is 1. The molecule has 0 saturated carbocycles. The summed E-state index contributed by atoms with van der Waals surface area (Å²) in [4.78, 5) is 43.6. The molecule has 0 fully saturated rings. The maximum Gasteiger partial charge on any atom is 0.197 e. The summed E-state index contributed by atoms with van der Waals surface area (Å²) in [6, 6.07) is 41.6. The van der Waals surface area contributed by atoms with Crippen LogP contribution in [0.4, 0.5) is 36.4 Å². The zero-order valence-electron chi connectivity index (χ0n) is 41.1. The SMILES string of the molecule is Nc1ccc2c(-c3ccc(F)cc3)c(-c3ccncc3)[nH]c2n1.Nc1ccc2c(-c3ccncc3)c(-c3ccc(F)cc3)[nH]c2n1.Nc1cccc(N)n1.[2H]B([3H])CSOC(C(=O)c1ccc(F)cc1)c1ccncc1. The van der Waals surface area contributed by atoms with E-state index in [2.05, 4.69) is 39.9 Å². The highest BCUT2D eigenvalue weighted by Crippen LogP contribution is 2.39. The topological polar surface area (TPSA) is 239 Å². The molecule has 0 radical (unpaired) electrons. The molecule has 8 heterocycles. The first-order valence-corrected chi connectivity index (χ1v) is 23.4. The lowest BCUT2D eigenvalue weighted by molar-refractivity contribution is 0.0825. The average Bonchev–Trinajstić information content (AvgIpc) is 4.02. The Labute approximate surface area is 430 Å². The minimum absolute atomic E-state index is 0.123. The lowest BCUT2D eigenvalue weighted by Crippen LogP contribution is -2.14. The van der Waals surface area contributed by atoms with Gasteiger partial charge in [-0.3, -0.25) is 23.9 Å². The molecule has 0 amide bonds. The van der Waals surface area contributed by atoms with Gasteiger partial charge in [0, 0.05) is 70.2 Å². The molecule has 0 spiro atoms. The lowest BCUT2D eigenvalue weighted by Gasteiger charge is -2.15. The van der Waals surface area contributed by atoms with Crippen LogP contribution in [0.15, 0.2) is 189 Å². The number of carbonyl (C=O) groups excluding carboxylic acids is 1. The van der Waals surface area contributed by atoms with E-state index in [-0.39, 0.29) is 23.1 Å². The molecule has 0 aliphatic heterocycles. The summed E-state index contributed by atoms with van der Waals surface area (Å²) in [5.41, 5.74) is 32.1. The second kappa shape index (κ2) is 24.2. The van der Waals surface area contributed by atoms with E-state index in [4.69, 9.17) is 29.8 Å². The summed E-state index contributed by atoms with van der Waals surface area (Å²) in [6.07, 6.45) is 9.16. The molecule has 14 nitrogen and oxygen atoms in total. The van der Waals surface area contributed by atoms with E-state index in [1.54, 1.807) is 104 Å². The van der Waals surface area contributed by atoms with Crippen molar-refractivity contribution >= 4 is 70.9 Å². The molecule has 0 saturated heterocycles. The van der Waals surface area contributed by atoms with Crippen molar-refractivity contribution in [1.82, 2.24) is 39.9 Å². The van der Waals surface area contributed by atoms with Crippen molar-refractivity contribution in [2.45, 2.75) is 6.10 Å². The van der Waals surface area contributed by atoms with Crippen LogP contribution in [0.25, 0.3) is 66.8 Å². The fourth-order valence-electron chi connectivity index (χ4n) is 7.61. The Hall–Kier alpha value is -9.33. The Balaban J connectivity index is 0.000000141. The Morgan fingerprint density at radius 3 is 1.42 bits per heavy atom.